The van der Waals surface area contributed by atoms with Crippen molar-refractivity contribution in [2.24, 2.45) is 5.41 Å². The minimum Gasteiger partial charge on any atom is -0.481 e. The van der Waals surface area contributed by atoms with E-state index in [0.717, 1.165) is 19.3 Å². The summed E-state index contributed by atoms with van der Waals surface area (Å²) >= 11 is 0. The third kappa shape index (κ3) is 4.21. The van der Waals surface area contributed by atoms with Crippen LogP contribution in [0.1, 0.15) is 32.1 Å². The van der Waals surface area contributed by atoms with Crippen LogP contribution in [0, 0.1) is 15.5 Å². The minimum absolute atomic E-state index is 0.0831. The molecular formula is C16H21N3O5. The molecule has 0 spiro atoms. The zero-order chi connectivity index (χ0) is 17.6. The molecule has 0 aromatic heterocycles. The normalized spacial score (nSPS) is 16.2. The van der Waals surface area contributed by atoms with Gasteiger partial charge in [0.2, 0.25) is 5.91 Å². The zero-order valence-electron chi connectivity index (χ0n) is 13.3. The Morgan fingerprint density at radius 2 is 1.88 bits per heavy atom. The molecule has 0 unspecified atom stereocenters. The molecule has 1 aromatic carbocycles. The first-order valence-corrected chi connectivity index (χ1v) is 7.92. The van der Waals surface area contributed by atoms with Crippen molar-refractivity contribution < 1.29 is 19.6 Å². The van der Waals surface area contributed by atoms with Gasteiger partial charge >= 0.3 is 5.97 Å². The molecule has 1 aliphatic rings. The Balaban J connectivity index is 1.90. The number of nitrogens with one attached hydrogen (secondary N) is 2. The molecule has 0 bridgehead atoms. The smallest absolute Gasteiger partial charge is 0.311 e. The summed E-state index contributed by atoms with van der Waals surface area (Å²) in [6.07, 6.45) is 3.82. The number of carboxylic acids is 1. The molecule has 0 atom stereocenters. The van der Waals surface area contributed by atoms with Crippen LogP contribution in [0.5, 0.6) is 0 Å². The Kier molecular flexibility index (Phi) is 5.73. The van der Waals surface area contributed by atoms with Crippen molar-refractivity contribution in [3.05, 3.63) is 34.4 Å². The summed E-state index contributed by atoms with van der Waals surface area (Å²) in [5, 5.41) is 25.7. The third-order valence-corrected chi connectivity index (χ3v) is 4.43. The van der Waals surface area contributed by atoms with Gasteiger partial charge in [0.15, 0.2) is 0 Å². The van der Waals surface area contributed by atoms with Crippen LogP contribution in [-0.4, -0.2) is 35.0 Å². The standard InChI is InChI=1S/C16H21N3O5/c20-14(10-17-12-6-2-3-7-13(12)19(23)24)18-11-16(15(21)22)8-4-1-5-9-16/h2-3,6-7,17H,1,4-5,8-11H2,(H,18,20)(H,21,22). The number of rotatable bonds is 7. The van der Waals surface area contributed by atoms with E-state index in [1.165, 1.54) is 12.1 Å². The average molecular weight is 335 g/mol. The molecule has 8 heteroatoms. The topological polar surface area (TPSA) is 122 Å². The van der Waals surface area contributed by atoms with Crippen LogP contribution in [0.25, 0.3) is 0 Å². The molecule has 1 amide bonds. The van der Waals surface area contributed by atoms with Crippen molar-refractivity contribution >= 4 is 23.3 Å². The Morgan fingerprint density at radius 3 is 2.50 bits per heavy atom. The number of anilines is 1. The Bertz CT molecular complexity index is 626. The highest BCUT2D eigenvalue weighted by Crippen LogP contribution is 2.36. The van der Waals surface area contributed by atoms with Crippen molar-refractivity contribution in [3.8, 4) is 0 Å². The lowest BCUT2D eigenvalue weighted by Gasteiger charge is -2.33. The first-order valence-electron chi connectivity index (χ1n) is 7.92. The average Bonchev–Trinajstić information content (AvgIpc) is 2.59. The number of nitro benzene ring substituents is 1. The van der Waals surface area contributed by atoms with E-state index in [0.29, 0.717) is 12.8 Å². The maximum atomic E-state index is 12.0. The lowest BCUT2D eigenvalue weighted by molar-refractivity contribution is -0.383. The maximum absolute atomic E-state index is 12.0. The molecule has 1 saturated carbocycles. The Hall–Kier alpha value is -2.64. The lowest BCUT2D eigenvalue weighted by atomic mass is 9.74. The van der Waals surface area contributed by atoms with Gasteiger partial charge in [0.05, 0.1) is 16.9 Å². The molecule has 0 aliphatic heterocycles. The molecule has 1 aliphatic carbocycles. The number of hydrogen-bond donors (Lipinski definition) is 3. The highest BCUT2D eigenvalue weighted by Gasteiger charge is 2.39. The van der Waals surface area contributed by atoms with Gasteiger partial charge in [-0.25, -0.2) is 0 Å². The van der Waals surface area contributed by atoms with E-state index in [1.807, 2.05) is 0 Å². The zero-order valence-corrected chi connectivity index (χ0v) is 13.3. The molecule has 0 radical (unpaired) electrons. The Morgan fingerprint density at radius 1 is 1.21 bits per heavy atom. The summed E-state index contributed by atoms with van der Waals surface area (Å²) in [6.45, 7) is -0.0692. The number of benzene rings is 1. The van der Waals surface area contributed by atoms with Gasteiger partial charge in [-0.2, -0.15) is 0 Å². The number of carboxylic acid groups (broad SMARTS) is 1. The second-order valence-corrected chi connectivity index (χ2v) is 6.05. The van der Waals surface area contributed by atoms with Gasteiger partial charge in [0, 0.05) is 12.6 Å². The first-order chi connectivity index (χ1) is 11.4. The quantitative estimate of drug-likeness (QED) is 0.518. The molecule has 1 fully saturated rings. The molecule has 0 saturated heterocycles. The molecular weight excluding hydrogens is 314 g/mol. The number of nitrogens with zero attached hydrogens (tertiary/aromatic N) is 1. The van der Waals surface area contributed by atoms with E-state index < -0.39 is 16.3 Å². The van der Waals surface area contributed by atoms with Crippen molar-refractivity contribution in [1.82, 2.24) is 5.32 Å². The van der Waals surface area contributed by atoms with E-state index in [9.17, 15) is 24.8 Å². The number of nitro groups is 1. The third-order valence-electron chi connectivity index (χ3n) is 4.43. The molecule has 24 heavy (non-hydrogen) atoms. The molecule has 1 aromatic rings. The van der Waals surface area contributed by atoms with E-state index in [1.54, 1.807) is 12.1 Å². The maximum Gasteiger partial charge on any atom is 0.311 e. The minimum atomic E-state index is -0.896. The van der Waals surface area contributed by atoms with Crippen LogP contribution >= 0.6 is 0 Å². The first kappa shape index (κ1) is 17.7. The summed E-state index contributed by atoms with van der Waals surface area (Å²) in [7, 11) is 0. The van der Waals surface area contributed by atoms with Crippen LogP contribution in [-0.2, 0) is 9.59 Å². The molecule has 130 valence electrons. The van der Waals surface area contributed by atoms with E-state index >= 15 is 0 Å². The predicted molar refractivity (Wildman–Crippen MR) is 87.7 cm³/mol. The van der Waals surface area contributed by atoms with Crippen molar-refractivity contribution in [3.63, 3.8) is 0 Å². The van der Waals surface area contributed by atoms with E-state index in [-0.39, 0.29) is 30.4 Å². The van der Waals surface area contributed by atoms with Crippen LogP contribution in [0.3, 0.4) is 0 Å². The van der Waals surface area contributed by atoms with Crippen molar-refractivity contribution in [1.29, 1.82) is 0 Å². The molecule has 8 nitrogen and oxygen atoms in total. The summed E-state index contributed by atoms with van der Waals surface area (Å²) in [5.41, 5.74) is -0.755. The highest BCUT2D eigenvalue weighted by molar-refractivity contribution is 5.83. The van der Waals surface area contributed by atoms with Gasteiger partial charge in [-0.3, -0.25) is 19.7 Å². The summed E-state index contributed by atoms with van der Waals surface area (Å²) in [4.78, 5) is 33.9. The summed E-state index contributed by atoms with van der Waals surface area (Å²) in [5.74, 6) is -1.27. The number of carbonyl (C=O) groups is 2. The number of hydrogen-bond acceptors (Lipinski definition) is 5. The van der Waals surface area contributed by atoms with Crippen molar-refractivity contribution in [2.75, 3.05) is 18.4 Å². The predicted octanol–water partition coefficient (Wildman–Crippen LogP) is 2.16. The van der Waals surface area contributed by atoms with Gasteiger partial charge in [-0.15, -0.1) is 0 Å². The number of amides is 1. The van der Waals surface area contributed by atoms with E-state index in [4.69, 9.17) is 0 Å². The highest BCUT2D eigenvalue weighted by atomic mass is 16.6. The van der Waals surface area contributed by atoms with Gasteiger partial charge < -0.3 is 15.7 Å². The fraction of sp³-hybridized carbons (Fsp3) is 0.500. The largest absolute Gasteiger partial charge is 0.481 e. The Labute approximate surface area is 139 Å². The monoisotopic (exact) mass is 335 g/mol. The van der Waals surface area contributed by atoms with Gasteiger partial charge in [-0.1, -0.05) is 31.4 Å². The van der Waals surface area contributed by atoms with Crippen LogP contribution < -0.4 is 10.6 Å². The fourth-order valence-corrected chi connectivity index (χ4v) is 2.98. The fourth-order valence-electron chi connectivity index (χ4n) is 2.98. The molecule has 0 heterocycles. The van der Waals surface area contributed by atoms with Crippen molar-refractivity contribution in [2.45, 2.75) is 32.1 Å². The molecule has 3 N–H and O–H groups in total. The van der Waals surface area contributed by atoms with Gasteiger partial charge in [0.25, 0.3) is 5.69 Å². The van der Waals surface area contributed by atoms with Crippen LogP contribution in [0.4, 0.5) is 11.4 Å². The number of carbonyl (C=O) groups excluding carboxylic acids is 1. The second kappa shape index (κ2) is 7.76. The molecule has 2 rings (SSSR count). The SMILES string of the molecule is O=C(CNc1ccccc1[N+](=O)[O-])NCC1(C(=O)O)CCCCC1. The van der Waals surface area contributed by atoms with Crippen LogP contribution in [0.2, 0.25) is 0 Å². The lowest BCUT2D eigenvalue weighted by Crippen LogP contribution is -2.45. The summed E-state index contributed by atoms with van der Waals surface area (Å²) in [6, 6.07) is 6.05. The number of aliphatic carboxylic acids is 1. The summed E-state index contributed by atoms with van der Waals surface area (Å²) < 4.78 is 0. The second-order valence-electron chi connectivity index (χ2n) is 6.05. The van der Waals surface area contributed by atoms with E-state index in [2.05, 4.69) is 10.6 Å². The number of para-hydroxylation sites is 2. The van der Waals surface area contributed by atoms with Crippen LogP contribution in [0.15, 0.2) is 24.3 Å². The van der Waals surface area contributed by atoms with Gasteiger partial charge in [0.1, 0.15) is 5.69 Å². The van der Waals surface area contributed by atoms with Gasteiger partial charge in [-0.05, 0) is 18.9 Å².